The lowest BCUT2D eigenvalue weighted by Gasteiger charge is -2.74. The maximum Gasteiger partial charge on any atom is 0.312 e. The van der Waals surface area contributed by atoms with Gasteiger partial charge in [-0.25, -0.2) is 0 Å². The van der Waals surface area contributed by atoms with Crippen LogP contribution in [-0.4, -0.2) is 33.5 Å². The molecule has 5 aliphatic carbocycles. The van der Waals surface area contributed by atoms with E-state index in [1.807, 2.05) is 0 Å². The Bertz CT molecular complexity index is 864. The van der Waals surface area contributed by atoms with E-state index < -0.39 is 17.5 Å². The molecule has 0 radical (unpaired) electrons. The largest absolute Gasteiger partial charge is 0.481 e. The summed E-state index contributed by atoms with van der Waals surface area (Å²) < 4.78 is 0. The van der Waals surface area contributed by atoms with Crippen LogP contribution in [0.5, 0.6) is 0 Å². The fourth-order valence-corrected chi connectivity index (χ4v) is 11.5. The minimum atomic E-state index is -0.971. The van der Waals surface area contributed by atoms with Crippen molar-refractivity contribution in [3.8, 4) is 0 Å². The van der Waals surface area contributed by atoms with Crippen LogP contribution in [-0.2, 0) is 4.79 Å². The molecule has 0 saturated heterocycles. The van der Waals surface area contributed by atoms with Gasteiger partial charge in [0.1, 0.15) is 0 Å². The first-order valence-corrected chi connectivity index (χ1v) is 14.2. The summed E-state index contributed by atoms with van der Waals surface area (Å²) in [5, 5.41) is 33.1. The summed E-state index contributed by atoms with van der Waals surface area (Å²) in [6.07, 6.45) is 8.52. The molecule has 0 aromatic heterocycles. The van der Waals surface area contributed by atoms with Gasteiger partial charge in [0.2, 0.25) is 0 Å². The average Bonchev–Trinajstić information content (AvgIpc) is 2.71. The maximum atomic E-state index is 12.8. The molecule has 0 bridgehead atoms. The summed E-state index contributed by atoms with van der Waals surface area (Å²) in [6, 6.07) is 0. The molecule has 1 unspecified atom stereocenters. The van der Waals surface area contributed by atoms with Crippen LogP contribution in [0.2, 0.25) is 0 Å². The standard InChI is InChI=1S/C30H50O4/c1-25(2)14-15-30(24(33)34)19(16-25)18-8-9-21-27(5)12-11-22(31)26(3,4)20(27)10-13-28(21,6)29(18,7)17-23(30)32/h18-23,31-32H,8-17H2,1-7H3,(H,33,34)/t18-,19-,20?,21-,22+,23+,27+,28-,29-,30-/m1/s1. The van der Waals surface area contributed by atoms with Gasteiger partial charge in [-0.3, -0.25) is 4.79 Å². The molecule has 5 aliphatic rings. The highest BCUT2D eigenvalue weighted by atomic mass is 16.4. The number of hydrogen-bond donors (Lipinski definition) is 3. The first-order chi connectivity index (χ1) is 15.6. The Labute approximate surface area is 207 Å². The van der Waals surface area contributed by atoms with Crippen LogP contribution in [0.4, 0.5) is 0 Å². The third kappa shape index (κ3) is 2.88. The number of fused-ring (bicyclic) bond motifs is 7. The van der Waals surface area contributed by atoms with E-state index in [4.69, 9.17) is 0 Å². The first kappa shape index (κ1) is 25.1. The van der Waals surface area contributed by atoms with Crippen LogP contribution < -0.4 is 0 Å². The molecule has 34 heavy (non-hydrogen) atoms. The third-order valence-corrected chi connectivity index (χ3v) is 13.7. The zero-order valence-electron chi connectivity index (χ0n) is 22.8. The van der Waals surface area contributed by atoms with E-state index in [-0.39, 0.29) is 39.1 Å². The summed E-state index contributed by atoms with van der Waals surface area (Å²) in [5.74, 6) is 0.731. The van der Waals surface area contributed by atoms with Gasteiger partial charge in [-0.1, -0.05) is 48.5 Å². The molecular formula is C30H50O4. The van der Waals surface area contributed by atoms with E-state index in [2.05, 4.69) is 48.5 Å². The minimum Gasteiger partial charge on any atom is -0.481 e. The van der Waals surface area contributed by atoms with Crippen LogP contribution in [0.15, 0.2) is 0 Å². The number of aliphatic hydroxyl groups is 2. The molecule has 0 amide bonds. The molecule has 194 valence electrons. The Morgan fingerprint density at radius 3 is 2.00 bits per heavy atom. The number of carboxylic acids is 1. The van der Waals surface area contributed by atoms with E-state index >= 15 is 0 Å². The fourth-order valence-electron chi connectivity index (χ4n) is 11.5. The molecule has 0 aromatic carbocycles. The van der Waals surface area contributed by atoms with Crippen LogP contribution in [0.1, 0.15) is 113 Å². The van der Waals surface area contributed by atoms with Crippen molar-refractivity contribution in [2.24, 2.45) is 56.2 Å². The fraction of sp³-hybridized carbons (Fsp3) is 0.967. The summed E-state index contributed by atoms with van der Waals surface area (Å²) in [5.41, 5.74) is -0.674. The van der Waals surface area contributed by atoms with Crippen molar-refractivity contribution in [2.45, 2.75) is 125 Å². The van der Waals surface area contributed by atoms with Crippen molar-refractivity contribution in [2.75, 3.05) is 0 Å². The van der Waals surface area contributed by atoms with Crippen molar-refractivity contribution < 1.29 is 20.1 Å². The van der Waals surface area contributed by atoms with Gasteiger partial charge in [-0.05, 0) is 115 Å². The van der Waals surface area contributed by atoms with E-state index in [1.54, 1.807) is 0 Å². The Morgan fingerprint density at radius 2 is 1.35 bits per heavy atom. The SMILES string of the molecule is CC1(C)CC[C@@]2(C(=O)O)[C@H](C1)[C@H]1CC[C@@H]3[C@@]4(C)CC[C@H](O)C(C)(C)C4CC[C@@]3(C)[C@]1(C)C[C@@H]2O. The summed E-state index contributed by atoms with van der Waals surface area (Å²) >= 11 is 0. The van der Waals surface area contributed by atoms with Crippen molar-refractivity contribution >= 4 is 5.97 Å². The van der Waals surface area contributed by atoms with Gasteiger partial charge in [0.05, 0.1) is 17.6 Å². The van der Waals surface area contributed by atoms with Crippen LogP contribution >= 0.6 is 0 Å². The predicted octanol–water partition coefficient (Wildman–Crippen LogP) is 6.28. The van der Waals surface area contributed by atoms with Gasteiger partial charge in [-0.15, -0.1) is 0 Å². The number of hydrogen-bond acceptors (Lipinski definition) is 3. The molecule has 0 aromatic rings. The average molecular weight is 475 g/mol. The summed E-state index contributed by atoms with van der Waals surface area (Å²) in [7, 11) is 0. The minimum absolute atomic E-state index is 0.0513. The molecule has 0 spiro atoms. The zero-order valence-corrected chi connectivity index (χ0v) is 22.8. The predicted molar refractivity (Wildman–Crippen MR) is 134 cm³/mol. The second-order valence-electron chi connectivity index (χ2n) is 15.6. The molecule has 4 heteroatoms. The highest BCUT2D eigenvalue weighted by Crippen LogP contribution is 2.77. The Balaban J connectivity index is 1.58. The van der Waals surface area contributed by atoms with Crippen LogP contribution in [0, 0.1) is 56.2 Å². The molecule has 5 rings (SSSR count). The van der Waals surface area contributed by atoms with Gasteiger partial charge in [0, 0.05) is 0 Å². The van der Waals surface area contributed by atoms with Crippen LogP contribution in [0.3, 0.4) is 0 Å². The zero-order chi connectivity index (χ0) is 25.1. The Morgan fingerprint density at radius 1 is 0.676 bits per heavy atom. The summed E-state index contributed by atoms with van der Waals surface area (Å²) in [6.45, 7) is 16.6. The van der Waals surface area contributed by atoms with Gasteiger partial charge in [-0.2, -0.15) is 0 Å². The Hall–Kier alpha value is -0.610. The van der Waals surface area contributed by atoms with E-state index in [0.29, 0.717) is 30.6 Å². The van der Waals surface area contributed by atoms with Gasteiger partial charge < -0.3 is 15.3 Å². The molecule has 5 saturated carbocycles. The number of rotatable bonds is 1. The molecule has 3 N–H and O–H groups in total. The Kier molecular flexibility index (Phi) is 5.34. The van der Waals surface area contributed by atoms with Gasteiger partial charge in [0.15, 0.2) is 0 Å². The normalized spacial score (nSPS) is 55.8. The molecule has 0 heterocycles. The van der Waals surface area contributed by atoms with Crippen molar-refractivity contribution in [3.05, 3.63) is 0 Å². The van der Waals surface area contributed by atoms with Crippen LogP contribution in [0.25, 0.3) is 0 Å². The highest BCUT2D eigenvalue weighted by Gasteiger charge is 2.73. The van der Waals surface area contributed by atoms with E-state index in [0.717, 1.165) is 44.9 Å². The summed E-state index contributed by atoms with van der Waals surface area (Å²) in [4.78, 5) is 12.8. The van der Waals surface area contributed by atoms with E-state index in [9.17, 15) is 20.1 Å². The third-order valence-electron chi connectivity index (χ3n) is 13.7. The molecule has 10 atom stereocenters. The maximum absolute atomic E-state index is 12.8. The highest BCUT2D eigenvalue weighted by molar-refractivity contribution is 5.76. The van der Waals surface area contributed by atoms with Crippen molar-refractivity contribution in [3.63, 3.8) is 0 Å². The number of aliphatic hydroxyl groups excluding tert-OH is 2. The molecule has 5 fully saturated rings. The lowest BCUT2D eigenvalue weighted by atomic mass is 9.31. The monoisotopic (exact) mass is 474 g/mol. The molecule has 0 aliphatic heterocycles. The quantitative estimate of drug-likeness (QED) is 0.418. The van der Waals surface area contributed by atoms with Gasteiger partial charge in [0.25, 0.3) is 0 Å². The number of aliphatic carboxylic acids is 1. The van der Waals surface area contributed by atoms with Crippen molar-refractivity contribution in [1.29, 1.82) is 0 Å². The lowest BCUT2D eigenvalue weighted by Crippen LogP contribution is -2.70. The molecule has 4 nitrogen and oxygen atoms in total. The second-order valence-corrected chi connectivity index (χ2v) is 15.6. The number of carboxylic acid groups (broad SMARTS) is 1. The number of carbonyl (C=O) groups is 1. The second kappa shape index (κ2) is 7.24. The first-order valence-electron chi connectivity index (χ1n) is 14.2. The smallest absolute Gasteiger partial charge is 0.312 e. The topological polar surface area (TPSA) is 77.8 Å². The molecular weight excluding hydrogens is 424 g/mol. The van der Waals surface area contributed by atoms with E-state index in [1.165, 1.54) is 6.42 Å². The lowest BCUT2D eigenvalue weighted by molar-refractivity contribution is -0.273. The van der Waals surface area contributed by atoms with Crippen molar-refractivity contribution in [1.82, 2.24) is 0 Å². The van der Waals surface area contributed by atoms with Gasteiger partial charge >= 0.3 is 5.97 Å².